The van der Waals surface area contributed by atoms with E-state index >= 15 is 0 Å². The van der Waals surface area contributed by atoms with Crippen molar-refractivity contribution in [2.24, 2.45) is 5.41 Å². The largest absolute Gasteiger partial charge is 0.393 e. The Balaban J connectivity index is 1.85. The molecular formula is C15H23NO. The van der Waals surface area contributed by atoms with Gasteiger partial charge in [-0.1, -0.05) is 45.0 Å². The van der Waals surface area contributed by atoms with Crippen LogP contribution in [0, 0.1) is 5.41 Å². The molecule has 0 fully saturated rings. The van der Waals surface area contributed by atoms with Gasteiger partial charge in [-0.15, -0.1) is 0 Å². The average Bonchev–Trinajstić information content (AvgIpc) is 2.66. The maximum absolute atomic E-state index is 10.0. The van der Waals surface area contributed by atoms with E-state index in [1.165, 1.54) is 11.1 Å². The summed E-state index contributed by atoms with van der Waals surface area (Å²) < 4.78 is 0. The number of nitrogens with zero attached hydrogens (tertiary/aromatic N) is 1. The number of fused-ring (bicyclic) bond motifs is 1. The van der Waals surface area contributed by atoms with Gasteiger partial charge >= 0.3 is 0 Å². The molecule has 0 saturated carbocycles. The molecule has 0 radical (unpaired) electrons. The van der Waals surface area contributed by atoms with Crippen molar-refractivity contribution in [2.75, 3.05) is 6.54 Å². The predicted octanol–water partition coefficient (Wildman–Crippen LogP) is 2.80. The molecule has 1 aromatic rings. The molecule has 1 aliphatic heterocycles. The summed E-state index contributed by atoms with van der Waals surface area (Å²) in [6.07, 6.45) is 0.642. The quantitative estimate of drug-likeness (QED) is 0.867. The molecule has 0 amide bonds. The Bertz CT molecular complexity index is 356. The molecule has 17 heavy (non-hydrogen) atoms. The zero-order valence-electron chi connectivity index (χ0n) is 11.1. The topological polar surface area (TPSA) is 23.5 Å². The fourth-order valence-corrected chi connectivity index (χ4v) is 2.30. The van der Waals surface area contributed by atoms with Gasteiger partial charge in [0.2, 0.25) is 0 Å². The van der Waals surface area contributed by atoms with Crippen LogP contribution in [0.25, 0.3) is 0 Å². The third-order valence-corrected chi connectivity index (χ3v) is 3.62. The van der Waals surface area contributed by atoms with E-state index in [0.29, 0.717) is 0 Å². The van der Waals surface area contributed by atoms with Gasteiger partial charge in [-0.05, 0) is 23.0 Å². The average molecular weight is 233 g/mol. The van der Waals surface area contributed by atoms with E-state index in [0.717, 1.165) is 26.1 Å². The van der Waals surface area contributed by atoms with Gasteiger partial charge < -0.3 is 5.11 Å². The molecule has 1 aromatic carbocycles. The van der Waals surface area contributed by atoms with E-state index < -0.39 is 0 Å². The van der Waals surface area contributed by atoms with Crippen LogP contribution in [0.3, 0.4) is 0 Å². The Kier molecular flexibility index (Phi) is 3.55. The highest BCUT2D eigenvalue weighted by Crippen LogP contribution is 2.25. The summed E-state index contributed by atoms with van der Waals surface area (Å²) in [5, 5.41) is 10.0. The summed E-state index contributed by atoms with van der Waals surface area (Å²) in [5.41, 5.74) is 2.88. The fourth-order valence-electron chi connectivity index (χ4n) is 2.30. The number of benzene rings is 1. The SMILES string of the molecule is CC(C)(C)C(O)CCN1Cc2ccccc2C1. The molecule has 1 N–H and O–H groups in total. The van der Waals surface area contributed by atoms with Crippen molar-refractivity contribution < 1.29 is 5.11 Å². The molecule has 1 heterocycles. The van der Waals surface area contributed by atoms with Crippen LogP contribution in [0.4, 0.5) is 0 Å². The monoisotopic (exact) mass is 233 g/mol. The summed E-state index contributed by atoms with van der Waals surface area (Å²) in [4.78, 5) is 2.42. The Morgan fingerprint density at radius 3 is 2.18 bits per heavy atom. The van der Waals surface area contributed by atoms with Crippen LogP contribution >= 0.6 is 0 Å². The molecule has 2 rings (SSSR count). The fraction of sp³-hybridized carbons (Fsp3) is 0.600. The molecule has 1 atom stereocenters. The summed E-state index contributed by atoms with van der Waals surface area (Å²) >= 11 is 0. The zero-order valence-corrected chi connectivity index (χ0v) is 11.1. The van der Waals surface area contributed by atoms with E-state index in [4.69, 9.17) is 0 Å². The van der Waals surface area contributed by atoms with Gasteiger partial charge in [-0.3, -0.25) is 4.90 Å². The molecule has 0 aliphatic carbocycles. The molecule has 2 nitrogen and oxygen atoms in total. The number of hydrogen-bond donors (Lipinski definition) is 1. The number of aliphatic hydroxyl groups excluding tert-OH is 1. The molecule has 1 aliphatic rings. The van der Waals surface area contributed by atoms with E-state index in [1.54, 1.807) is 0 Å². The zero-order chi connectivity index (χ0) is 12.5. The molecule has 94 valence electrons. The van der Waals surface area contributed by atoms with Gasteiger partial charge in [0.25, 0.3) is 0 Å². The molecular weight excluding hydrogens is 210 g/mol. The molecule has 1 unspecified atom stereocenters. The Morgan fingerprint density at radius 2 is 1.71 bits per heavy atom. The normalized spacial score (nSPS) is 18.1. The van der Waals surface area contributed by atoms with Crippen LogP contribution in [0.5, 0.6) is 0 Å². The Hall–Kier alpha value is -0.860. The third kappa shape index (κ3) is 3.08. The smallest absolute Gasteiger partial charge is 0.0600 e. The van der Waals surface area contributed by atoms with Crippen molar-refractivity contribution in [1.82, 2.24) is 4.90 Å². The summed E-state index contributed by atoms with van der Waals surface area (Å²) in [7, 11) is 0. The van der Waals surface area contributed by atoms with Gasteiger partial charge in [-0.25, -0.2) is 0 Å². The second kappa shape index (κ2) is 4.79. The highest BCUT2D eigenvalue weighted by atomic mass is 16.3. The first kappa shape index (κ1) is 12.6. The van der Waals surface area contributed by atoms with Crippen molar-refractivity contribution >= 4 is 0 Å². The third-order valence-electron chi connectivity index (χ3n) is 3.62. The number of hydrogen-bond acceptors (Lipinski definition) is 2. The maximum atomic E-state index is 10.0. The first-order chi connectivity index (χ1) is 7.97. The highest BCUT2D eigenvalue weighted by Gasteiger charge is 2.24. The van der Waals surface area contributed by atoms with Crippen molar-refractivity contribution in [3.8, 4) is 0 Å². The van der Waals surface area contributed by atoms with Crippen LogP contribution in [0.2, 0.25) is 0 Å². The first-order valence-corrected chi connectivity index (χ1v) is 6.44. The lowest BCUT2D eigenvalue weighted by molar-refractivity contribution is 0.0452. The molecule has 0 aromatic heterocycles. The lowest BCUT2D eigenvalue weighted by Crippen LogP contribution is -2.30. The summed E-state index contributed by atoms with van der Waals surface area (Å²) in [6.45, 7) is 9.33. The van der Waals surface area contributed by atoms with E-state index in [1.807, 2.05) is 0 Å². The molecule has 0 spiro atoms. The second-order valence-electron chi connectivity index (χ2n) is 6.15. The van der Waals surface area contributed by atoms with Gasteiger partial charge in [0.15, 0.2) is 0 Å². The van der Waals surface area contributed by atoms with Crippen LogP contribution in [0.1, 0.15) is 38.3 Å². The molecule has 2 heteroatoms. The Labute approximate surface area is 104 Å². The maximum Gasteiger partial charge on any atom is 0.0600 e. The van der Waals surface area contributed by atoms with Crippen LogP contribution < -0.4 is 0 Å². The lowest BCUT2D eigenvalue weighted by Gasteiger charge is -2.27. The minimum atomic E-state index is -0.216. The van der Waals surface area contributed by atoms with E-state index in [9.17, 15) is 5.11 Å². The van der Waals surface area contributed by atoms with Gasteiger partial charge in [0.05, 0.1) is 6.10 Å². The Morgan fingerprint density at radius 1 is 1.18 bits per heavy atom. The minimum absolute atomic E-state index is 0.00737. The predicted molar refractivity (Wildman–Crippen MR) is 70.6 cm³/mol. The van der Waals surface area contributed by atoms with Crippen LogP contribution in [-0.4, -0.2) is 22.7 Å². The summed E-state index contributed by atoms with van der Waals surface area (Å²) in [5.74, 6) is 0. The van der Waals surface area contributed by atoms with Crippen molar-refractivity contribution in [2.45, 2.75) is 46.4 Å². The number of rotatable bonds is 3. The van der Waals surface area contributed by atoms with Crippen molar-refractivity contribution in [1.29, 1.82) is 0 Å². The highest BCUT2D eigenvalue weighted by molar-refractivity contribution is 5.30. The minimum Gasteiger partial charge on any atom is -0.393 e. The van der Waals surface area contributed by atoms with E-state index in [-0.39, 0.29) is 11.5 Å². The van der Waals surface area contributed by atoms with Crippen molar-refractivity contribution in [3.05, 3.63) is 35.4 Å². The van der Waals surface area contributed by atoms with E-state index in [2.05, 4.69) is 49.9 Å². The molecule has 0 bridgehead atoms. The van der Waals surface area contributed by atoms with Gasteiger partial charge in [0.1, 0.15) is 0 Å². The number of aliphatic hydroxyl groups is 1. The van der Waals surface area contributed by atoms with Crippen molar-refractivity contribution in [3.63, 3.8) is 0 Å². The van der Waals surface area contributed by atoms with Gasteiger partial charge in [0, 0.05) is 19.6 Å². The van der Waals surface area contributed by atoms with Crippen LogP contribution in [0.15, 0.2) is 24.3 Å². The van der Waals surface area contributed by atoms with Gasteiger partial charge in [-0.2, -0.15) is 0 Å². The van der Waals surface area contributed by atoms with Crippen LogP contribution in [-0.2, 0) is 13.1 Å². The molecule has 0 saturated heterocycles. The first-order valence-electron chi connectivity index (χ1n) is 6.44. The second-order valence-corrected chi connectivity index (χ2v) is 6.15. The summed E-state index contributed by atoms with van der Waals surface area (Å²) in [6, 6.07) is 8.61. The standard InChI is InChI=1S/C15H23NO/c1-15(2,3)14(17)8-9-16-10-12-6-4-5-7-13(12)11-16/h4-7,14,17H,8-11H2,1-3H3. The lowest BCUT2D eigenvalue weighted by atomic mass is 9.87.